The van der Waals surface area contributed by atoms with Crippen LogP contribution in [0.4, 0.5) is 0 Å². The number of methoxy groups -OCH3 is 2. The van der Waals surface area contributed by atoms with Crippen LogP contribution in [0.5, 0.6) is 11.5 Å². The Morgan fingerprint density at radius 3 is 2.19 bits per heavy atom. The second kappa shape index (κ2) is 5.96. The predicted molar refractivity (Wildman–Crippen MR) is 81.0 cm³/mol. The van der Waals surface area contributed by atoms with Gasteiger partial charge in [0, 0.05) is 17.6 Å². The molecule has 0 radical (unpaired) electrons. The van der Waals surface area contributed by atoms with Crippen molar-refractivity contribution in [3.63, 3.8) is 0 Å². The molecule has 0 atom stereocenters. The van der Waals surface area contributed by atoms with Gasteiger partial charge in [-0.25, -0.2) is 0 Å². The summed E-state index contributed by atoms with van der Waals surface area (Å²) in [6, 6.07) is 6.33. The summed E-state index contributed by atoms with van der Waals surface area (Å²) in [5.41, 5.74) is 0.700. The number of rotatable bonds is 5. The Hall–Kier alpha value is -1.71. The van der Waals surface area contributed by atoms with Gasteiger partial charge in [-0.05, 0) is 43.9 Å². The minimum atomic E-state index is 0.144. The third-order valence-corrected chi connectivity index (χ3v) is 4.52. The van der Waals surface area contributed by atoms with Crippen molar-refractivity contribution in [2.24, 2.45) is 0 Å². The van der Waals surface area contributed by atoms with E-state index in [2.05, 4.69) is 4.90 Å². The second-order valence-electron chi connectivity index (χ2n) is 5.95. The van der Waals surface area contributed by atoms with Crippen molar-refractivity contribution >= 4 is 5.91 Å². The first kappa shape index (κ1) is 14.2. The highest BCUT2D eigenvalue weighted by Gasteiger charge is 2.38. The first-order chi connectivity index (χ1) is 10.2. The number of hydrogen-bond donors (Lipinski definition) is 0. The maximum absolute atomic E-state index is 12.9. The van der Waals surface area contributed by atoms with E-state index >= 15 is 0 Å². The molecule has 2 aliphatic rings. The van der Waals surface area contributed by atoms with Crippen LogP contribution in [-0.4, -0.2) is 37.1 Å². The molecule has 2 saturated carbocycles. The average Bonchev–Trinajstić information content (AvgIpc) is 3.20. The second-order valence-corrected chi connectivity index (χ2v) is 5.95. The molecule has 0 bridgehead atoms. The van der Waals surface area contributed by atoms with Gasteiger partial charge >= 0.3 is 0 Å². The van der Waals surface area contributed by atoms with Gasteiger partial charge in [-0.1, -0.05) is 12.8 Å². The van der Waals surface area contributed by atoms with Gasteiger partial charge in [0.25, 0.3) is 5.91 Å². The van der Waals surface area contributed by atoms with Crippen LogP contribution >= 0.6 is 0 Å². The lowest BCUT2D eigenvalue weighted by Crippen LogP contribution is -2.40. The first-order valence-electron chi connectivity index (χ1n) is 7.79. The molecule has 114 valence electrons. The zero-order valence-corrected chi connectivity index (χ0v) is 12.8. The molecule has 21 heavy (non-hydrogen) atoms. The summed E-state index contributed by atoms with van der Waals surface area (Å²) in [6.07, 6.45) is 7.08. The van der Waals surface area contributed by atoms with E-state index in [9.17, 15) is 4.79 Å². The summed E-state index contributed by atoms with van der Waals surface area (Å²) in [7, 11) is 3.20. The summed E-state index contributed by atoms with van der Waals surface area (Å²) in [5, 5.41) is 0. The lowest BCUT2D eigenvalue weighted by atomic mass is 10.1. The average molecular weight is 289 g/mol. The summed E-state index contributed by atoms with van der Waals surface area (Å²) < 4.78 is 10.6. The van der Waals surface area contributed by atoms with Crippen LogP contribution in [0.3, 0.4) is 0 Å². The molecule has 1 aromatic rings. The van der Waals surface area contributed by atoms with Crippen molar-refractivity contribution in [1.82, 2.24) is 4.90 Å². The molecule has 4 heteroatoms. The van der Waals surface area contributed by atoms with E-state index in [1.807, 2.05) is 12.1 Å². The fourth-order valence-electron chi connectivity index (χ4n) is 3.28. The highest BCUT2D eigenvalue weighted by molar-refractivity contribution is 5.95. The smallest absolute Gasteiger partial charge is 0.254 e. The minimum Gasteiger partial charge on any atom is -0.493 e. The topological polar surface area (TPSA) is 38.8 Å². The number of nitrogens with zero attached hydrogens (tertiary/aromatic N) is 1. The standard InChI is InChI=1S/C17H23NO3/c1-20-15-10-7-12(11-16(15)21-2)17(19)18(14-8-9-14)13-5-3-4-6-13/h7,10-11,13-14H,3-6,8-9H2,1-2H3. The molecule has 0 aliphatic heterocycles. The van der Waals surface area contributed by atoms with Gasteiger partial charge in [0.1, 0.15) is 0 Å². The van der Waals surface area contributed by atoms with Crippen molar-refractivity contribution in [2.75, 3.05) is 14.2 Å². The van der Waals surface area contributed by atoms with Crippen LogP contribution in [0.1, 0.15) is 48.9 Å². The van der Waals surface area contributed by atoms with E-state index < -0.39 is 0 Å². The molecule has 0 spiro atoms. The molecule has 2 aliphatic carbocycles. The lowest BCUT2D eigenvalue weighted by molar-refractivity contribution is 0.0664. The van der Waals surface area contributed by atoms with Crippen molar-refractivity contribution in [2.45, 2.75) is 50.6 Å². The van der Waals surface area contributed by atoms with Crippen LogP contribution in [0.2, 0.25) is 0 Å². The van der Waals surface area contributed by atoms with E-state index in [0.29, 0.717) is 29.1 Å². The predicted octanol–water partition coefficient (Wildman–Crippen LogP) is 3.25. The van der Waals surface area contributed by atoms with Crippen molar-refractivity contribution < 1.29 is 14.3 Å². The summed E-state index contributed by atoms with van der Waals surface area (Å²) in [5.74, 6) is 1.42. The summed E-state index contributed by atoms with van der Waals surface area (Å²) >= 11 is 0. The summed E-state index contributed by atoms with van der Waals surface area (Å²) in [4.78, 5) is 15.0. The maximum Gasteiger partial charge on any atom is 0.254 e. The first-order valence-corrected chi connectivity index (χ1v) is 7.79. The van der Waals surface area contributed by atoms with Crippen molar-refractivity contribution in [3.05, 3.63) is 23.8 Å². The van der Waals surface area contributed by atoms with Crippen LogP contribution in [0.15, 0.2) is 18.2 Å². The zero-order valence-electron chi connectivity index (χ0n) is 12.8. The SMILES string of the molecule is COc1ccc(C(=O)N(C2CCCC2)C2CC2)cc1OC. The van der Waals surface area contributed by atoms with Gasteiger partial charge in [-0.2, -0.15) is 0 Å². The quantitative estimate of drug-likeness (QED) is 0.835. The molecular formula is C17H23NO3. The molecule has 0 unspecified atom stereocenters. The molecule has 4 nitrogen and oxygen atoms in total. The lowest BCUT2D eigenvalue weighted by Gasteiger charge is -2.29. The number of carbonyl (C=O) groups is 1. The van der Waals surface area contributed by atoms with Crippen LogP contribution in [0.25, 0.3) is 0 Å². The largest absolute Gasteiger partial charge is 0.493 e. The van der Waals surface area contributed by atoms with Crippen molar-refractivity contribution in [1.29, 1.82) is 0 Å². The van der Waals surface area contributed by atoms with Crippen LogP contribution in [0, 0.1) is 0 Å². The minimum absolute atomic E-state index is 0.144. The van der Waals surface area contributed by atoms with E-state index in [1.54, 1.807) is 20.3 Å². The van der Waals surface area contributed by atoms with E-state index in [0.717, 1.165) is 25.7 Å². The molecule has 0 N–H and O–H groups in total. The Labute approximate surface area is 126 Å². The number of carbonyl (C=O) groups excluding carboxylic acids is 1. The van der Waals surface area contributed by atoms with Gasteiger partial charge < -0.3 is 14.4 Å². The number of benzene rings is 1. The zero-order chi connectivity index (χ0) is 14.8. The van der Waals surface area contributed by atoms with Crippen LogP contribution < -0.4 is 9.47 Å². The highest BCUT2D eigenvalue weighted by Crippen LogP contribution is 2.36. The normalized spacial score (nSPS) is 18.6. The van der Waals surface area contributed by atoms with Gasteiger partial charge in [-0.15, -0.1) is 0 Å². The third kappa shape index (κ3) is 2.85. The van der Waals surface area contributed by atoms with Gasteiger partial charge in [0.05, 0.1) is 14.2 Å². The maximum atomic E-state index is 12.9. The summed E-state index contributed by atoms with van der Waals surface area (Å²) in [6.45, 7) is 0. The number of amides is 1. The molecule has 3 rings (SSSR count). The van der Waals surface area contributed by atoms with Gasteiger partial charge in [0.15, 0.2) is 11.5 Å². The molecule has 2 fully saturated rings. The molecule has 0 heterocycles. The molecular weight excluding hydrogens is 266 g/mol. The fraction of sp³-hybridized carbons (Fsp3) is 0.588. The third-order valence-electron chi connectivity index (χ3n) is 4.52. The van der Waals surface area contributed by atoms with Crippen LogP contribution in [-0.2, 0) is 0 Å². The molecule has 0 saturated heterocycles. The Morgan fingerprint density at radius 1 is 1.00 bits per heavy atom. The Kier molecular flexibility index (Phi) is 4.04. The molecule has 0 aromatic heterocycles. The number of hydrogen-bond acceptors (Lipinski definition) is 3. The monoisotopic (exact) mass is 289 g/mol. The Bertz CT molecular complexity index is 519. The number of ether oxygens (including phenoxy) is 2. The van der Waals surface area contributed by atoms with E-state index in [1.165, 1.54) is 12.8 Å². The van der Waals surface area contributed by atoms with E-state index in [-0.39, 0.29) is 5.91 Å². The van der Waals surface area contributed by atoms with E-state index in [4.69, 9.17) is 9.47 Å². The van der Waals surface area contributed by atoms with Gasteiger partial charge in [-0.3, -0.25) is 4.79 Å². The molecule has 1 aromatic carbocycles. The van der Waals surface area contributed by atoms with Crippen molar-refractivity contribution in [3.8, 4) is 11.5 Å². The Balaban J connectivity index is 1.85. The Morgan fingerprint density at radius 2 is 1.62 bits per heavy atom. The van der Waals surface area contributed by atoms with Gasteiger partial charge in [0.2, 0.25) is 0 Å². The fourth-order valence-corrected chi connectivity index (χ4v) is 3.28. The molecule has 1 amide bonds. The highest BCUT2D eigenvalue weighted by atomic mass is 16.5.